The van der Waals surface area contributed by atoms with E-state index in [2.05, 4.69) is 5.32 Å². The van der Waals surface area contributed by atoms with Gasteiger partial charge >= 0.3 is 0 Å². The first-order chi connectivity index (χ1) is 12.3. The number of carbonyl (C=O) groups is 1. The Morgan fingerprint density at radius 2 is 1.62 bits per heavy atom. The minimum absolute atomic E-state index is 0.278. The predicted molar refractivity (Wildman–Crippen MR) is 101 cm³/mol. The fourth-order valence-electron chi connectivity index (χ4n) is 2.45. The first kappa shape index (κ1) is 19.9. The second-order valence-electron chi connectivity index (χ2n) is 6.13. The maximum atomic E-state index is 12.8. The quantitative estimate of drug-likeness (QED) is 0.766. The molecule has 6 nitrogen and oxygen atoms in total. The molecule has 140 valence electrons. The highest BCUT2D eigenvalue weighted by molar-refractivity contribution is 7.88. The van der Waals surface area contributed by atoms with E-state index in [4.69, 9.17) is 4.74 Å². The molecule has 0 spiro atoms. The van der Waals surface area contributed by atoms with Gasteiger partial charge in [-0.25, -0.2) is 8.42 Å². The molecule has 1 amide bonds. The zero-order valence-corrected chi connectivity index (χ0v) is 15.9. The number of carbonyl (C=O) groups excluding carboxylic acids is 1. The van der Waals surface area contributed by atoms with Crippen molar-refractivity contribution in [3.63, 3.8) is 0 Å². The van der Waals surface area contributed by atoms with Crippen molar-refractivity contribution < 1.29 is 17.9 Å². The van der Waals surface area contributed by atoms with E-state index in [9.17, 15) is 13.2 Å². The Bertz CT molecular complexity index is 810. The van der Waals surface area contributed by atoms with Crippen molar-refractivity contribution in [2.45, 2.75) is 19.0 Å². The molecule has 7 heteroatoms. The van der Waals surface area contributed by atoms with Gasteiger partial charge in [0.25, 0.3) is 0 Å². The summed E-state index contributed by atoms with van der Waals surface area (Å²) in [5, 5.41) is 2.83. The lowest BCUT2D eigenvalue weighted by molar-refractivity contribution is -0.125. The molecular formula is C19H24N2O4S. The van der Waals surface area contributed by atoms with E-state index in [1.807, 2.05) is 43.3 Å². The summed E-state index contributed by atoms with van der Waals surface area (Å²) in [7, 11) is -2.14. The van der Waals surface area contributed by atoms with Crippen molar-refractivity contribution in [1.82, 2.24) is 9.62 Å². The van der Waals surface area contributed by atoms with Crippen LogP contribution in [0, 0.1) is 0 Å². The molecule has 0 aliphatic rings. The first-order valence-electron chi connectivity index (χ1n) is 8.25. The summed E-state index contributed by atoms with van der Waals surface area (Å²) in [4.78, 5) is 12.8. The van der Waals surface area contributed by atoms with Crippen LogP contribution in [0.1, 0.15) is 18.5 Å². The van der Waals surface area contributed by atoms with Crippen molar-refractivity contribution in [2.24, 2.45) is 0 Å². The fourth-order valence-corrected chi connectivity index (χ4v) is 3.06. The Morgan fingerprint density at radius 1 is 1.08 bits per heavy atom. The third-order valence-electron chi connectivity index (χ3n) is 3.88. The topological polar surface area (TPSA) is 75.7 Å². The summed E-state index contributed by atoms with van der Waals surface area (Å²) < 4.78 is 30.6. The van der Waals surface area contributed by atoms with Gasteiger partial charge in [0.05, 0.1) is 12.3 Å². The monoisotopic (exact) mass is 376 g/mol. The second-order valence-corrected chi connectivity index (χ2v) is 8.17. The molecule has 0 unspecified atom stereocenters. The van der Waals surface area contributed by atoms with Gasteiger partial charge in [0, 0.05) is 7.05 Å². The zero-order chi connectivity index (χ0) is 19.2. The smallest absolute Gasteiger partial charge is 0.243 e. The molecule has 1 N–H and O–H groups in total. The minimum Gasteiger partial charge on any atom is -0.491 e. The van der Waals surface area contributed by atoms with E-state index in [0.29, 0.717) is 11.3 Å². The molecule has 0 saturated heterocycles. The maximum absolute atomic E-state index is 12.8. The molecular weight excluding hydrogens is 352 g/mol. The van der Waals surface area contributed by atoms with E-state index < -0.39 is 22.0 Å². The molecule has 0 saturated carbocycles. The molecule has 2 aromatic carbocycles. The van der Waals surface area contributed by atoms with Gasteiger partial charge in [-0.05, 0) is 24.6 Å². The summed E-state index contributed by atoms with van der Waals surface area (Å²) in [6.07, 6.45) is 1.08. The summed E-state index contributed by atoms with van der Waals surface area (Å²) in [5.41, 5.74) is 0.606. The Labute approximate surface area is 154 Å². The Balaban J connectivity index is 2.08. The average Bonchev–Trinajstić information content (AvgIpc) is 2.61. The average molecular weight is 376 g/mol. The van der Waals surface area contributed by atoms with E-state index in [1.165, 1.54) is 7.05 Å². The Morgan fingerprint density at radius 3 is 2.15 bits per heavy atom. The summed E-state index contributed by atoms with van der Waals surface area (Å²) in [5.74, 6) is 0.315. The fraction of sp³-hybridized carbons (Fsp3) is 0.316. The number of sulfonamides is 1. The number of nitrogens with zero attached hydrogens (tertiary/aromatic N) is 1. The van der Waals surface area contributed by atoms with Crippen LogP contribution < -0.4 is 10.1 Å². The number of hydrogen-bond acceptors (Lipinski definition) is 4. The van der Waals surface area contributed by atoms with Crippen molar-refractivity contribution in [3.05, 3.63) is 66.2 Å². The first-order valence-corrected chi connectivity index (χ1v) is 10.1. The third-order valence-corrected chi connectivity index (χ3v) is 5.14. The molecule has 26 heavy (non-hydrogen) atoms. The van der Waals surface area contributed by atoms with Gasteiger partial charge in [0.15, 0.2) is 0 Å². The van der Waals surface area contributed by atoms with E-state index in [0.717, 1.165) is 10.6 Å². The van der Waals surface area contributed by atoms with Gasteiger partial charge in [-0.2, -0.15) is 4.31 Å². The molecule has 0 aliphatic carbocycles. The predicted octanol–water partition coefficient (Wildman–Crippen LogP) is 2.20. The summed E-state index contributed by atoms with van der Waals surface area (Å²) in [6, 6.07) is 16.9. The lowest BCUT2D eigenvalue weighted by Gasteiger charge is -2.27. The molecule has 0 aliphatic heterocycles. The van der Waals surface area contributed by atoms with Gasteiger partial charge in [-0.1, -0.05) is 48.5 Å². The van der Waals surface area contributed by atoms with Crippen LogP contribution in [0.3, 0.4) is 0 Å². The van der Waals surface area contributed by atoms with Gasteiger partial charge < -0.3 is 10.1 Å². The lowest BCUT2D eigenvalue weighted by Crippen LogP contribution is -2.45. The van der Waals surface area contributed by atoms with Crippen LogP contribution in [0.2, 0.25) is 0 Å². The van der Waals surface area contributed by atoms with Crippen LogP contribution in [0.4, 0.5) is 0 Å². The number of benzene rings is 2. The second kappa shape index (κ2) is 8.82. The third kappa shape index (κ3) is 5.57. The summed E-state index contributed by atoms with van der Waals surface area (Å²) in [6.45, 7) is 2.09. The number of rotatable bonds is 8. The Hall–Kier alpha value is -2.38. The zero-order valence-electron chi connectivity index (χ0n) is 15.1. The molecule has 0 heterocycles. The SMILES string of the molecule is C[C@H](COc1ccccc1)NC(=O)[C@H](c1ccccc1)N(C)S(C)(=O)=O. The van der Waals surface area contributed by atoms with Gasteiger partial charge in [0.2, 0.25) is 15.9 Å². The highest BCUT2D eigenvalue weighted by atomic mass is 32.2. The number of hydrogen-bond donors (Lipinski definition) is 1. The van der Waals surface area contributed by atoms with Crippen molar-refractivity contribution >= 4 is 15.9 Å². The van der Waals surface area contributed by atoms with Gasteiger partial charge in [-0.3, -0.25) is 4.79 Å². The number of ether oxygens (including phenoxy) is 1. The minimum atomic E-state index is -3.55. The van der Waals surface area contributed by atoms with Crippen LogP contribution in [0.15, 0.2) is 60.7 Å². The van der Waals surface area contributed by atoms with Crippen LogP contribution in [-0.4, -0.2) is 44.6 Å². The molecule has 0 aromatic heterocycles. The van der Waals surface area contributed by atoms with Crippen molar-refractivity contribution in [1.29, 1.82) is 0 Å². The van der Waals surface area contributed by atoms with Gasteiger partial charge in [0.1, 0.15) is 18.4 Å². The van der Waals surface area contributed by atoms with Gasteiger partial charge in [-0.15, -0.1) is 0 Å². The number of amides is 1. The van der Waals surface area contributed by atoms with Crippen LogP contribution in [0.25, 0.3) is 0 Å². The molecule has 0 fully saturated rings. The largest absolute Gasteiger partial charge is 0.491 e. The van der Waals surface area contributed by atoms with E-state index in [-0.39, 0.29) is 12.6 Å². The van der Waals surface area contributed by atoms with Crippen molar-refractivity contribution in [2.75, 3.05) is 19.9 Å². The van der Waals surface area contributed by atoms with Crippen LogP contribution in [-0.2, 0) is 14.8 Å². The molecule has 0 bridgehead atoms. The standard InChI is InChI=1S/C19H24N2O4S/c1-15(14-25-17-12-8-5-9-13-17)20-19(22)18(21(2)26(3,23)24)16-10-6-4-7-11-16/h4-13,15,18H,14H2,1-3H3,(H,20,22)/t15-,18+/m1/s1. The van der Waals surface area contributed by atoms with Crippen molar-refractivity contribution in [3.8, 4) is 5.75 Å². The number of para-hydroxylation sites is 1. The van der Waals surface area contributed by atoms with Crippen LogP contribution in [0.5, 0.6) is 5.75 Å². The molecule has 0 radical (unpaired) electrons. The maximum Gasteiger partial charge on any atom is 0.243 e. The highest BCUT2D eigenvalue weighted by Gasteiger charge is 2.31. The molecule has 2 atom stereocenters. The highest BCUT2D eigenvalue weighted by Crippen LogP contribution is 2.22. The Kier molecular flexibility index (Phi) is 6.76. The van der Waals surface area contributed by atoms with E-state index in [1.54, 1.807) is 24.3 Å². The van der Waals surface area contributed by atoms with E-state index >= 15 is 0 Å². The molecule has 2 rings (SSSR count). The number of likely N-dealkylation sites (N-methyl/N-ethyl adjacent to an activating group) is 1. The number of nitrogens with one attached hydrogen (secondary N) is 1. The normalized spacial score (nSPS) is 13.8. The summed E-state index contributed by atoms with van der Waals surface area (Å²) >= 11 is 0. The molecule has 2 aromatic rings. The lowest BCUT2D eigenvalue weighted by atomic mass is 10.1. The van der Waals surface area contributed by atoms with Crippen LogP contribution >= 0.6 is 0 Å².